The minimum atomic E-state index is -0.172. The second-order valence-corrected chi connectivity index (χ2v) is 5.89. The molecule has 0 spiro atoms. The minimum absolute atomic E-state index is 0.138. The summed E-state index contributed by atoms with van der Waals surface area (Å²) >= 11 is 1.80. The normalized spacial score (nSPS) is 19.7. The van der Waals surface area contributed by atoms with Gasteiger partial charge in [0, 0.05) is 17.2 Å². The zero-order chi connectivity index (χ0) is 12.4. The summed E-state index contributed by atoms with van der Waals surface area (Å²) < 4.78 is 5.59. The highest BCUT2D eigenvalue weighted by molar-refractivity contribution is 7.99. The lowest BCUT2D eigenvalue weighted by Gasteiger charge is -2.29. The van der Waals surface area contributed by atoms with Crippen molar-refractivity contribution in [1.29, 1.82) is 0 Å². The maximum absolute atomic E-state index is 12.2. The summed E-state index contributed by atoms with van der Waals surface area (Å²) in [6.45, 7) is 0.743. The van der Waals surface area contributed by atoms with E-state index in [4.69, 9.17) is 4.74 Å². The summed E-state index contributed by atoms with van der Waals surface area (Å²) in [4.78, 5) is 15.2. The molecular weight excluding hydrogens is 246 g/mol. The first-order valence-corrected chi connectivity index (χ1v) is 7.53. The Labute approximate surface area is 111 Å². The van der Waals surface area contributed by atoms with E-state index in [1.807, 2.05) is 18.2 Å². The van der Waals surface area contributed by atoms with Crippen LogP contribution in [0, 0.1) is 0 Å². The maximum atomic E-state index is 12.2. The Bertz CT molecular complexity index is 443. The summed E-state index contributed by atoms with van der Waals surface area (Å²) in [5, 5.41) is 0. The summed E-state index contributed by atoms with van der Waals surface area (Å²) in [5.74, 6) is 0.941. The molecule has 0 unspecified atom stereocenters. The molecule has 3 rings (SSSR count). The van der Waals surface area contributed by atoms with Gasteiger partial charge in [0.2, 0.25) is 0 Å². The molecule has 1 aromatic carbocycles. The fourth-order valence-corrected chi connectivity index (χ4v) is 3.57. The van der Waals surface area contributed by atoms with Gasteiger partial charge >= 0.3 is 6.09 Å². The van der Waals surface area contributed by atoms with E-state index in [1.54, 1.807) is 16.7 Å². The predicted molar refractivity (Wildman–Crippen MR) is 73.2 cm³/mol. The highest BCUT2D eigenvalue weighted by atomic mass is 32.2. The zero-order valence-corrected chi connectivity index (χ0v) is 11.1. The van der Waals surface area contributed by atoms with Crippen molar-refractivity contribution in [1.82, 2.24) is 0 Å². The van der Waals surface area contributed by atoms with Gasteiger partial charge in [-0.2, -0.15) is 0 Å². The van der Waals surface area contributed by atoms with Gasteiger partial charge in [-0.05, 0) is 37.8 Å². The van der Waals surface area contributed by atoms with Crippen molar-refractivity contribution in [3.8, 4) is 0 Å². The quantitative estimate of drug-likeness (QED) is 0.774. The molecule has 0 radical (unpaired) electrons. The van der Waals surface area contributed by atoms with Crippen LogP contribution in [0.1, 0.15) is 25.7 Å². The van der Waals surface area contributed by atoms with Crippen molar-refractivity contribution < 1.29 is 9.53 Å². The first-order chi connectivity index (χ1) is 8.84. The van der Waals surface area contributed by atoms with Gasteiger partial charge in [-0.1, -0.05) is 12.1 Å². The molecule has 1 aliphatic carbocycles. The number of rotatable bonds is 1. The van der Waals surface area contributed by atoms with E-state index in [0.29, 0.717) is 0 Å². The number of amides is 1. The summed E-state index contributed by atoms with van der Waals surface area (Å²) in [6.07, 6.45) is 4.38. The van der Waals surface area contributed by atoms with Gasteiger partial charge in [-0.3, -0.25) is 4.90 Å². The number of ether oxygens (including phenoxy) is 1. The third kappa shape index (κ3) is 2.34. The molecule has 1 heterocycles. The smallest absolute Gasteiger partial charge is 0.414 e. The van der Waals surface area contributed by atoms with Crippen LogP contribution in [-0.4, -0.2) is 24.5 Å². The maximum Gasteiger partial charge on any atom is 0.414 e. The summed E-state index contributed by atoms with van der Waals surface area (Å²) in [7, 11) is 0. The lowest BCUT2D eigenvalue weighted by molar-refractivity contribution is 0.108. The van der Waals surface area contributed by atoms with Gasteiger partial charge in [0.05, 0.1) is 5.69 Å². The van der Waals surface area contributed by atoms with E-state index in [-0.39, 0.29) is 12.2 Å². The second-order valence-electron chi connectivity index (χ2n) is 4.76. The van der Waals surface area contributed by atoms with Gasteiger partial charge in [0.15, 0.2) is 0 Å². The first-order valence-electron chi connectivity index (χ1n) is 6.54. The van der Waals surface area contributed by atoms with E-state index in [9.17, 15) is 4.79 Å². The lowest BCUT2D eigenvalue weighted by atomic mass is 10.3. The molecule has 3 nitrogen and oxygen atoms in total. The third-order valence-corrected chi connectivity index (χ3v) is 4.56. The molecule has 0 atom stereocenters. The van der Waals surface area contributed by atoms with Crippen LogP contribution in [0.3, 0.4) is 0 Å². The Balaban J connectivity index is 1.74. The van der Waals surface area contributed by atoms with Crippen LogP contribution in [0.4, 0.5) is 10.5 Å². The van der Waals surface area contributed by atoms with Gasteiger partial charge in [0.1, 0.15) is 6.10 Å². The van der Waals surface area contributed by atoms with Gasteiger partial charge in [0.25, 0.3) is 0 Å². The second kappa shape index (κ2) is 5.22. The van der Waals surface area contributed by atoms with Crippen LogP contribution in [0.5, 0.6) is 0 Å². The number of benzene rings is 1. The van der Waals surface area contributed by atoms with Crippen LogP contribution in [-0.2, 0) is 4.74 Å². The molecule has 1 amide bonds. The molecule has 1 aliphatic heterocycles. The average Bonchev–Trinajstić information content (AvgIpc) is 2.91. The number of fused-ring (bicyclic) bond motifs is 1. The molecule has 0 saturated heterocycles. The van der Waals surface area contributed by atoms with Crippen LogP contribution in [0.15, 0.2) is 29.2 Å². The number of thioether (sulfide) groups is 1. The number of hydrogen-bond donors (Lipinski definition) is 0. The third-order valence-electron chi connectivity index (χ3n) is 3.52. The molecule has 4 heteroatoms. The summed E-state index contributed by atoms with van der Waals surface area (Å²) in [6, 6.07) is 8.05. The Morgan fingerprint density at radius 3 is 2.89 bits per heavy atom. The number of hydrogen-bond acceptors (Lipinski definition) is 3. The highest BCUT2D eigenvalue weighted by Gasteiger charge is 2.27. The number of carbonyl (C=O) groups is 1. The van der Waals surface area contributed by atoms with Gasteiger partial charge in [-0.25, -0.2) is 4.79 Å². The van der Waals surface area contributed by atoms with E-state index in [1.165, 1.54) is 17.7 Å². The summed E-state index contributed by atoms with van der Waals surface area (Å²) in [5.41, 5.74) is 0.997. The monoisotopic (exact) mass is 263 g/mol. The van der Waals surface area contributed by atoms with E-state index < -0.39 is 0 Å². The van der Waals surface area contributed by atoms with Crippen LogP contribution >= 0.6 is 11.8 Å². The largest absolute Gasteiger partial charge is 0.446 e. The Hall–Kier alpha value is -1.16. The van der Waals surface area contributed by atoms with Crippen molar-refractivity contribution in [3.63, 3.8) is 0 Å². The molecule has 18 heavy (non-hydrogen) atoms. The van der Waals surface area contributed by atoms with Crippen molar-refractivity contribution >= 4 is 23.5 Å². The van der Waals surface area contributed by atoms with E-state index in [0.717, 1.165) is 30.8 Å². The SMILES string of the molecule is O=C(OC1CCCC1)N1CCSc2ccccc21. The topological polar surface area (TPSA) is 29.5 Å². The number of carbonyl (C=O) groups excluding carboxylic acids is 1. The highest BCUT2D eigenvalue weighted by Crippen LogP contribution is 2.35. The molecule has 1 aromatic rings. The van der Waals surface area contributed by atoms with Crippen LogP contribution in [0.2, 0.25) is 0 Å². The minimum Gasteiger partial charge on any atom is -0.446 e. The number of anilines is 1. The van der Waals surface area contributed by atoms with Gasteiger partial charge in [-0.15, -0.1) is 11.8 Å². The number of para-hydroxylation sites is 1. The van der Waals surface area contributed by atoms with Crippen molar-refractivity contribution in [3.05, 3.63) is 24.3 Å². The molecule has 0 N–H and O–H groups in total. The fourth-order valence-electron chi connectivity index (χ4n) is 2.57. The number of nitrogens with zero attached hydrogens (tertiary/aromatic N) is 1. The van der Waals surface area contributed by atoms with Crippen molar-refractivity contribution in [2.24, 2.45) is 0 Å². The van der Waals surface area contributed by atoms with Gasteiger partial charge < -0.3 is 4.74 Å². The van der Waals surface area contributed by atoms with E-state index in [2.05, 4.69) is 6.07 Å². The molecule has 2 aliphatic rings. The molecular formula is C14H17NO2S. The Kier molecular flexibility index (Phi) is 3.46. The molecule has 0 bridgehead atoms. The van der Waals surface area contributed by atoms with Crippen LogP contribution < -0.4 is 4.90 Å². The zero-order valence-electron chi connectivity index (χ0n) is 10.3. The Morgan fingerprint density at radius 2 is 2.06 bits per heavy atom. The molecule has 1 fully saturated rings. The Morgan fingerprint density at radius 1 is 1.28 bits per heavy atom. The first kappa shape index (κ1) is 11.9. The van der Waals surface area contributed by atoms with Crippen molar-refractivity contribution in [2.75, 3.05) is 17.2 Å². The molecule has 1 saturated carbocycles. The standard InChI is InChI=1S/C14H17NO2S/c16-14(17-11-5-1-2-6-11)15-9-10-18-13-8-4-3-7-12(13)15/h3-4,7-8,11H,1-2,5-6,9-10H2. The molecule has 96 valence electrons. The van der Waals surface area contributed by atoms with Crippen LogP contribution in [0.25, 0.3) is 0 Å². The average molecular weight is 263 g/mol. The lowest BCUT2D eigenvalue weighted by Crippen LogP contribution is -2.37. The van der Waals surface area contributed by atoms with Crippen molar-refractivity contribution in [2.45, 2.75) is 36.7 Å². The molecule has 0 aromatic heterocycles. The van der Waals surface area contributed by atoms with E-state index >= 15 is 0 Å². The fraction of sp³-hybridized carbons (Fsp3) is 0.500. The predicted octanol–water partition coefficient (Wildman–Crippen LogP) is 3.68.